The highest BCUT2D eigenvalue weighted by Crippen LogP contribution is 2.60. The van der Waals surface area contributed by atoms with Gasteiger partial charge < -0.3 is 9.84 Å². The fraction of sp³-hybridized carbons (Fsp3) is 0.684. The zero-order valence-corrected chi connectivity index (χ0v) is 13.1. The van der Waals surface area contributed by atoms with Crippen LogP contribution in [0.25, 0.3) is 0 Å². The summed E-state index contributed by atoms with van der Waals surface area (Å²) in [6.45, 7) is 2.34. The Bertz CT molecular complexity index is 552. The second-order valence-corrected chi connectivity index (χ2v) is 7.62. The lowest BCUT2D eigenvalue weighted by Gasteiger charge is -2.50. The molecule has 1 aromatic carbocycles. The highest BCUT2D eigenvalue weighted by molar-refractivity contribution is 5.40. The number of aliphatic hydroxyl groups excluding tert-OH is 1. The molecular weight excluding hydrogens is 266 g/mol. The van der Waals surface area contributed by atoms with E-state index in [0.717, 1.165) is 24.0 Å². The van der Waals surface area contributed by atoms with Crippen molar-refractivity contribution >= 4 is 0 Å². The van der Waals surface area contributed by atoms with Crippen molar-refractivity contribution in [3.05, 3.63) is 29.3 Å². The van der Waals surface area contributed by atoms with Gasteiger partial charge in [-0.1, -0.05) is 13.0 Å². The number of aliphatic hydroxyl groups is 1. The standard InChI is InChI=1S/C19H26O2/c1-19-10-9-15-14-6-4-13(21-2)11-12(14)3-5-16(15)17(19)7-8-18(19)20/h4,6,11,15-18,20H,3,5,7-10H2,1-2H3/t15-,16-,17+,18?,19+/m1/s1/i4+1,6+1,11+1,12+1,13+1,14+1. The number of fused-ring (bicyclic) bond motifs is 5. The van der Waals surface area contributed by atoms with Gasteiger partial charge in [0.2, 0.25) is 0 Å². The Morgan fingerprint density at radius 3 is 2.86 bits per heavy atom. The van der Waals surface area contributed by atoms with Crippen LogP contribution in [-0.2, 0) is 6.42 Å². The van der Waals surface area contributed by atoms with Crippen LogP contribution in [0.15, 0.2) is 18.2 Å². The predicted molar refractivity (Wildman–Crippen MR) is 83.6 cm³/mol. The third-order valence-corrected chi connectivity index (χ3v) is 6.88. The SMILES string of the molecule is CO[13c]1[13cH][13cH][13c]2[13c]([13cH]1)CC[C@@H]1[C@@H]2CC[C@]2(C)C(O)CC[C@@H]12. The zero-order valence-electron chi connectivity index (χ0n) is 13.1. The van der Waals surface area contributed by atoms with Gasteiger partial charge in [0.05, 0.1) is 13.2 Å². The molecule has 21 heavy (non-hydrogen) atoms. The van der Waals surface area contributed by atoms with Crippen molar-refractivity contribution in [2.75, 3.05) is 7.11 Å². The van der Waals surface area contributed by atoms with Crippen LogP contribution < -0.4 is 4.74 Å². The summed E-state index contributed by atoms with van der Waals surface area (Å²) in [6.07, 6.45) is 7.07. The Kier molecular flexibility index (Phi) is 3.08. The number of hydrogen-bond acceptors (Lipinski definition) is 2. The first-order valence-corrected chi connectivity index (χ1v) is 8.48. The molecule has 0 amide bonds. The van der Waals surface area contributed by atoms with Gasteiger partial charge in [-0.25, -0.2) is 0 Å². The van der Waals surface area contributed by atoms with E-state index in [1.165, 1.54) is 37.7 Å². The summed E-state index contributed by atoms with van der Waals surface area (Å²) in [4.78, 5) is 0. The molecule has 0 aliphatic heterocycles. The van der Waals surface area contributed by atoms with Crippen molar-refractivity contribution in [3.8, 4) is 5.75 Å². The molecular formula is C19H26O2. The second-order valence-electron chi connectivity index (χ2n) is 7.62. The fourth-order valence-electron chi connectivity index (χ4n) is 5.66. The van der Waals surface area contributed by atoms with Gasteiger partial charge in [-0.15, -0.1) is 0 Å². The van der Waals surface area contributed by atoms with Gasteiger partial charge in [0.25, 0.3) is 0 Å². The monoisotopic (exact) mass is 292 g/mol. The van der Waals surface area contributed by atoms with Crippen molar-refractivity contribution < 1.29 is 9.84 Å². The molecule has 1 unspecified atom stereocenters. The highest BCUT2D eigenvalue weighted by atomic mass is 16.5. The van der Waals surface area contributed by atoms with Crippen LogP contribution >= 0.6 is 0 Å². The minimum atomic E-state index is -0.0688. The van der Waals surface area contributed by atoms with Crippen molar-refractivity contribution in [2.24, 2.45) is 17.3 Å². The molecule has 4 rings (SSSR count). The van der Waals surface area contributed by atoms with Crippen molar-refractivity contribution in [3.63, 3.8) is 0 Å². The molecule has 0 radical (unpaired) electrons. The van der Waals surface area contributed by atoms with Gasteiger partial charge in [0, 0.05) is 0 Å². The Morgan fingerprint density at radius 1 is 1.19 bits per heavy atom. The molecule has 1 aromatic rings. The first-order chi connectivity index (χ1) is 10.1. The molecule has 2 fully saturated rings. The third-order valence-electron chi connectivity index (χ3n) is 6.88. The van der Waals surface area contributed by atoms with Crippen molar-refractivity contribution in [1.29, 1.82) is 0 Å². The molecule has 0 heterocycles. The van der Waals surface area contributed by atoms with Gasteiger partial charge in [-0.3, -0.25) is 0 Å². The Labute approximate surface area is 127 Å². The van der Waals surface area contributed by atoms with Crippen LogP contribution in [0.1, 0.15) is 56.1 Å². The van der Waals surface area contributed by atoms with Crippen LogP contribution in [-0.4, -0.2) is 18.3 Å². The average molecular weight is 292 g/mol. The summed E-state index contributed by atoms with van der Waals surface area (Å²) < 4.78 is 5.38. The van der Waals surface area contributed by atoms with Crippen molar-refractivity contribution in [1.82, 2.24) is 0 Å². The number of methoxy groups -OCH3 is 1. The van der Waals surface area contributed by atoms with Gasteiger partial charge in [-0.2, -0.15) is 0 Å². The van der Waals surface area contributed by atoms with E-state index < -0.39 is 0 Å². The number of rotatable bonds is 1. The average Bonchev–Trinajstić information content (AvgIpc) is 2.82. The molecule has 1 N–H and O–H groups in total. The topological polar surface area (TPSA) is 29.5 Å². The van der Waals surface area contributed by atoms with E-state index in [1.54, 1.807) is 12.7 Å². The molecule has 114 valence electrons. The molecule has 2 nitrogen and oxygen atoms in total. The summed E-state index contributed by atoms with van der Waals surface area (Å²) in [5, 5.41) is 10.4. The van der Waals surface area contributed by atoms with Crippen LogP contribution in [0.2, 0.25) is 0 Å². The second kappa shape index (κ2) is 4.74. The van der Waals surface area contributed by atoms with Crippen LogP contribution in [0, 0.1) is 17.3 Å². The molecule has 5 atom stereocenters. The smallest absolute Gasteiger partial charge is 0.119 e. The summed E-state index contributed by atoms with van der Waals surface area (Å²) in [6, 6.07) is 6.67. The summed E-state index contributed by atoms with van der Waals surface area (Å²) in [5.74, 6) is 3.20. The number of benzene rings is 1. The van der Waals surface area contributed by atoms with E-state index in [2.05, 4.69) is 25.1 Å². The summed E-state index contributed by atoms with van der Waals surface area (Å²) in [5.41, 5.74) is 3.25. The number of aryl methyl sites for hydroxylation is 1. The molecule has 0 aromatic heterocycles. The molecule has 2 heteroatoms. The van der Waals surface area contributed by atoms with E-state index in [0.29, 0.717) is 5.92 Å². The largest absolute Gasteiger partial charge is 0.497 e. The van der Waals surface area contributed by atoms with Crippen molar-refractivity contribution in [2.45, 2.75) is 57.5 Å². The lowest BCUT2D eigenvalue weighted by atomic mass is 9.59. The lowest BCUT2D eigenvalue weighted by molar-refractivity contribution is -0.0226. The molecule has 3 aliphatic rings. The molecule has 0 bridgehead atoms. The van der Waals surface area contributed by atoms with Gasteiger partial charge in [0.1, 0.15) is 5.75 Å². The van der Waals surface area contributed by atoms with E-state index in [9.17, 15) is 5.11 Å². The third kappa shape index (κ3) is 1.88. The maximum Gasteiger partial charge on any atom is 0.119 e. The lowest BCUT2D eigenvalue weighted by Crippen LogP contribution is -2.43. The predicted octanol–water partition coefficient (Wildman–Crippen LogP) is 3.91. The normalized spacial score (nSPS) is 41.1. The minimum Gasteiger partial charge on any atom is -0.497 e. The molecule has 2 saturated carbocycles. The zero-order chi connectivity index (χ0) is 14.6. The molecule has 0 saturated heterocycles. The van der Waals surface area contributed by atoms with Gasteiger partial charge in [0.15, 0.2) is 0 Å². The van der Waals surface area contributed by atoms with E-state index in [4.69, 9.17) is 4.74 Å². The van der Waals surface area contributed by atoms with Crippen LogP contribution in [0.3, 0.4) is 0 Å². The Hall–Kier alpha value is -1.02. The Morgan fingerprint density at radius 2 is 2.05 bits per heavy atom. The van der Waals surface area contributed by atoms with Gasteiger partial charge >= 0.3 is 0 Å². The maximum atomic E-state index is 10.4. The highest BCUT2D eigenvalue weighted by Gasteiger charge is 2.54. The number of hydrogen-bond donors (Lipinski definition) is 1. The molecule has 0 spiro atoms. The fourth-order valence-corrected chi connectivity index (χ4v) is 5.66. The minimum absolute atomic E-state index is 0.0688. The van der Waals surface area contributed by atoms with E-state index in [1.807, 2.05) is 0 Å². The van der Waals surface area contributed by atoms with E-state index >= 15 is 0 Å². The first kappa shape index (κ1) is 13.6. The Balaban J connectivity index is 1.68. The van der Waals surface area contributed by atoms with Crippen LogP contribution in [0.4, 0.5) is 0 Å². The summed E-state index contributed by atoms with van der Waals surface area (Å²) in [7, 11) is 1.75. The van der Waals surface area contributed by atoms with Crippen LogP contribution in [0.5, 0.6) is 5.75 Å². The quantitative estimate of drug-likeness (QED) is 0.850. The summed E-state index contributed by atoms with van der Waals surface area (Å²) >= 11 is 0. The maximum absolute atomic E-state index is 10.4. The van der Waals surface area contributed by atoms with E-state index in [-0.39, 0.29) is 11.5 Å². The number of ether oxygens (including phenoxy) is 1. The first-order valence-electron chi connectivity index (χ1n) is 8.48. The van der Waals surface area contributed by atoms with Gasteiger partial charge in [-0.05, 0) is 85.0 Å². The molecule has 3 aliphatic carbocycles.